The van der Waals surface area contributed by atoms with Crippen molar-refractivity contribution in [3.8, 4) is 0 Å². The summed E-state index contributed by atoms with van der Waals surface area (Å²) in [6.07, 6.45) is 0.0467. The van der Waals surface area contributed by atoms with E-state index in [2.05, 4.69) is 23.3 Å². The van der Waals surface area contributed by atoms with E-state index < -0.39 is 54.2 Å². The third-order valence-corrected chi connectivity index (χ3v) is 4.21. The third kappa shape index (κ3) is 6.19. The highest BCUT2D eigenvalue weighted by molar-refractivity contribution is 7.80. The first-order valence-electron chi connectivity index (χ1n) is 7.86. The molecule has 26 heavy (non-hydrogen) atoms. The maximum atomic E-state index is 12.3. The molecule has 1 fully saturated rings. The summed E-state index contributed by atoms with van der Waals surface area (Å²) in [7, 11) is 0. The standard InChI is InChI=1S/C14H22N4O7S/c15-7(6-26)12(22)16-5-10(19)18-3-1-2-9(18)13(23)17-8(14(24)25)4-11(20)21/h7-9,26H,1-6,15H2,(H,16,22)(H,17,23)(H,20,21)(H,24,25). The summed E-state index contributed by atoms with van der Waals surface area (Å²) in [6, 6.07) is -3.38. The van der Waals surface area contributed by atoms with Crippen molar-refractivity contribution in [2.24, 2.45) is 5.73 Å². The largest absolute Gasteiger partial charge is 0.481 e. The zero-order valence-electron chi connectivity index (χ0n) is 13.9. The van der Waals surface area contributed by atoms with Gasteiger partial charge in [0.25, 0.3) is 0 Å². The van der Waals surface area contributed by atoms with E-state index in [-0.39, 0.29) is 18.8 Å². The van der Waals surface area contributed by atoms with E-state index in [9.17, 15) is 24.0 Å². The van der Waals surface area contributed by atoms with Crippen molar-refractivity contribution in [1.82, 2.24) is 15.5 Å². The Balaban J connectivity index is 2.66. The molecule has 1 aliphatic heterocycles. The molecule has 0 radical (unpaired) electrons. The molecule has 0 aromatic carbocycles. The summed E-state index contributed by atoms with van der Waals surface area (Å²) >= 11 is 3.88. The van der Waals surface area contributed by atoms with Crippen LogP contribution in [0.4, 0.5) is 0 Å². The monoisotopic (exact) mass is 390 g/mol. The zero-order chi connectivity index (χ0) is 19.9. The minimum Gasteiger partial charge on any atom is -0.481 e. The Morgan fingerprint density at radius 1 is 1.23 bits per heavy atom. The Bertz CT molecular complexity index is 586. The van der Waals surface area contributed by atoms with Gasteiger partial charge in [-0.1, -0.05) is 0 Å². The molecule has 1 heterocycles. The molecule has 6 N–H and O–H groups in total. The number of nitrogens with two attached hydrogens (primary N) is 1. The van der Waals surface area contributed by atoms with Crippen molar-refractivity contribution >= 4 is 42.3 Å². The summed E-state index contributed by atoms with van der Waals surface area (Å²) < 4.78 is 0. The number of carboxylic acid groups (broad SMARTS) is 2. The fourth-order valence-electron chi connectivity index (χ4n) is 2.46. The lowest BCUT2D eigenvalue weighted by atomic mass is 10.1. The molecule has 11 nitrogen and oxygen atoms in total. The maximum Gasteiger partial charge on any atom is 0.326 e. The zero-order valence-corrected chi connectivity index (χ0v) is 14.8. The smallest absolute Gasteiger partial charge is 0.326 e. The SMILES string of the molecule is NC(CS)C(=O)NCC(=O)N1CCCC1C(=O)NC(CC(=O)O)C(=O)O. The van der Waals surface area contributed by atoms with Crippen LogP contribution in [0.15, 0.2) is 0 Å². The van der Waals surface area contributed by atoms with E-state index >= 15 is 0 Å². The van der Waals surface area contributed by atoms with Gasteiger partial charge in [0.05, 0.1) is 19.0 Å². The van der Waals surface area contributed by atoms with Crippen LogP contribution in [-0.2, 0) is 24.0 Å². The highest BCUT2D eigenvalue weighted by Crippen LogP contribution is 2.17. The average Bonchev–Trinajstić information content (AvgIpc) is 3.07. The first-order valence-corrected chi connectivity index (χ1v) is 8.49. The Labute approximate surface area is 154 Å². The number of hydrogen-bond acceptors (Lipinski definition) is 7. The Morgan fingerprint density at radius 2 is 1.88 bits per heavy atom. The fraction of sp³-hybridized carbons (Fsp3) is 0.643. The lowest BCUT2D eigenvalue weighted by Gasteiger charge is -2.25. The van der Waals surface area contributed by atoms with Crippen molar-refractivity contribution in [2.45, 2.75) is 37.4 Å². The number of amides is 3. The van der Waals surface area contributed by atoms with E-state index in [1.54, 1.807) is 0 Å². The fourth-order valence-corrected chi connectivity index (χ4v) is 2.62. The molecule has 3 amide bonds. The highest BCUT2D eigenvalue weighted by Gasteiger charge is 2.36. The lowest BCUT2D eigenvalue weighted by Crippen LogP contribution is -2.53. The van der Waals surface area contributed by atoms with Gasteiger partial charge in [-0.25, -0.2) is 4.79 Å². The van der Waals surface area contributed by atoms with Gasteiger partial charge in [-0.15, -0.1) is 0 Å². The van der Waals surface area contributed by atoms with Crippen LogP contribution in [0.2, 0.25) is 0 Å². The number of aliphatic carboxylic acids is 2. The number of nitrogens with one attached hydrogen (secondary N) is 2. The molecule has 3 unspecified atom stereocenters. The topological polar surface area (TPSA) is 179 Å². The maximum absolute atomic E-state index is 12.3. The first-order chi connectivity index (χ1) is 12.2. The van der Waals surface area contributed by atoms with Gasteiger partial charge in [0, 0.05) is 12.3 Å². The second-order valence-corrected chi connectivity index (χ2v) is 6.11. The minimum atomic E-state index is -1.59. The van der Waals surface area contributed by atoms with Crippen LogP contribution in [0, 0.1) is 0 Å². The summed E-state index contributed by atoms with van der Waals surface area (Å²) in [5.41, 5.74) is 5.47. The van der Waals surface area contributed by atoms with Gasteiger partial charge in [-0.3, -0.25) is 19.2 Å². The number of thiol groups is 1. The van der Waals surface area contributed by atoms with E-state index in [0.29, 0.717) is 12.8 Å². The van der Waals surface area contributed by atoms with Crippen molar-refractivity contribution in [3.05, 3.63) is 0 Å². The van der Waals surface area contributed by atoms with Gasteiger partial charge in [-0.05, 0) is 12.8 Å². The molecule has 146 valence electrons. The molecule has 3 atom stereocenters. The minimum absolute atomic E-state index is 0.106. The van der Waals surface area contributed by atoms with E-state index in [1.807, 2.05) is 0 Å². The molecule has 0 saturated carbocycles. The summed E-state index contributed by atoms with van der Waals surface area (Å²) in [4.78, 5) is 59.0. The Hall–Kier alpha value is -2.34. The quantitative estimate of drug-likeness (QED) is 0.232. The first kappa shape index (κ1) is 21.7. The molecule has 0 aromatic rings. The van der Waals surface area contributed by atoms with Crippen LogP contribution >= 0.6 is 12.6 Å². The third-order valence-electron chi connectivity index (χ3n) is 3.82. The Kier molecular flexibility index (Phi) is 8.32. The molecule has 0 spiro atoms. The van der Waals surface area contributed by atoms with E-state index in [0.717, 1.165) is 0 Å². The van der Waals surface area contributed by atoms with E-state index in [4.69, 9.17) is 15.9 Å². The van der Waals surface area contributed by atoms with Crippen LogP contribution in [0.5, 0.6) is 0 Å². The van der Waals surface area contributed by atoms with Gasteiger partial charge >= 0.3 is 11.9 Å². The molecule has 1 aliphatic rings. The van der Waals surface area contributed by atoms with Crippen LogP contribution in [-0.4, -0.2) is 81.7 Å². The van der Waals surface area contributed by atoms with Crippen LogP contribution in [0.1, 0.15) is 19.3 Å². The summed E-state index contributed by atoms with van der Waals surface area (Å²) in [5, 5.41) is 22.2. The van der Waals surface area contributed by atoms with Crippen molar-refractivity contribution < 1.29 is 34.2 Å². The van der Waals surface area contributed by atoms with Crippen molar-refractivity contribution in [1.29, 1.82) is 0 Å². The number of carbonyl (C=O) groups excluding carboxylic acids is 3. The number of carboxylic acids is 2. The lowest BCUT2D eigenvalue weighted by molar-refractivity contribution is -0.148. The predicted octanol–water partition coefficient (Wildman–Crippen LogP) is -2.61. The molecule has 0 bridgehead atoms. The van der Waals surface area contributed by atoms with Crippen molar-refractivity contribution in [3.63, 3.8) is 0 Å². The normalized spacial score (nSPS) is 18.7. The Morgan fingerprint density at radius 3 is 2.42 bits per heavy atom. The predicted molar refractivity (Wildman–Crippen MR) is 91.4 cm³/mol. The number of hydrogen-bond donors (Lipinski definition) is 6. The average molecular weight is 390 g/mol. The molecule has 1 rings (SSSR count). The number of nitrogens with zero attached hydrogens (tertiary/aromatic N) is 1. The van der Waals surface area contributed by atoms with Gasteiger partial charge in [0.2, 0.25) is 17.7 Å². The van der Waals surface area contributed by atoms with Gasteiger partial charge in [0.1, 0.15) is 12.1 Å². The highest BCUT2D eigenvalue weighted by atomic mass is 32.1. The number of likely N-dealkylation sites (tertiary alicyclic amines) is 1. The van der Waals surface area contributed by atoms with Crippen LogP contribution < -0.4 is 16.4 Å². The van der Waals surface area contributed by atoms with Crippen molar-refractivity contribution in [2.75, 3.05) is 18.8 Å². The molecule has 0 aromatic heterocycles. The summed E-state index contributed by atoms with van der Waals surface area (Å²) in [5.74, 6) is -4.57. The molecular weight excluding hydrogens is 368 g/mol. The van der Waals surface area contributed by atoms with Gasteiger partial charge in [-0.2, -0.15) is 12.6 Å². The van der Waals surface area contributed by atoms with Gasteiger partial charge in [0.15, 0.2) is 0 Å². The van der Waals surface area contributed by atoms with E-state index in [1.165, 1.54) is 4.90 Å². The van der Waals surface area contributed by atoms with Crippen LogP contribution in [0.25, 0.3) is 0 Å². The van der Waals surface area contributed by atoms with Crippen LogP contribution in [0.3, 0.4) is 0 Å². The second-order valence-electron chi connectivity index (χ2n) is 5.75. The molecular formula is C14H22N4O7S. The second kappa shape index (κ2) is 9.97. The molecule has 1 saturated heterocycles. The summed E-state index contributed by atoms with van der Waals surface area (Å²) in [6.45, 7) is -0.0936. The molecule has 12 heteroatoms. The number of rotatable bonds is 9. The molecule has 0 aliphatic carbocycles. The number of carbonyl (C=O) groups is 5. The van der Waals surface area contributed by atoms with Gasteiger partial charge < -0.3 is 31.5 Å².